The number of ether oxygens (including phenoxy) is 2. The van der Waals surface area contributed by atoms with Crippen molar-refractivity contribution in [1.82, 2.24) is 0 Å². The second-order valence-electron chi connectivity index (χ2n) is 5.08. The van der Waals surface area contributed by atoms with E-state index in [0.717, 1.165) is 0 Å². The van der Waals surface area contributed by atoms with E-state index < -0.39 is 11.4 Å². The van der Waals surface area contributed by atoms with E-state index in [9.17, 15) is 9.50 Å². The van der Waals surface area contributed by atoms with Crippen molar-refractivity contribution >= 4 is 0 Å². The first-order valence-electron chi connectivity index (χ1n) is 6.67. The van der Waals surface area contributed by atoms with E-state index in [1.807, 2.05) is 12.1 Å². The molecule has 0 aromatic heterocycles. The average molecular weight is 290 g/mol. The maximum atomic E-state index is 14.2. The minimum atomic E-state index is -1.25. The average Bonchev–Trinajstić information content (AvgIpc) is 2.49. The van der Waals surface area contributed by atoms with Crippen LogP contribution < -0.4 is 9.47 Å². The van der Waals surface area contributed by atoms with Gasteiger partial charge in [0.2, 0.25) is 0 Å². The molecule has 2 aromatic rings. The third-order valence-electron chi connectivity index (χ3n) is 3.49. The highest BCUT2D eigenvalue weighted by Crippen LogP contribution is 2.34. The highest BCUT2D eigenvalue weighted by Gasteiger charge is 2.28. The van der Waals surface area contributed by atoms with Gasteiger partial charge >= 0.3 is 0 Å². The largest absolute Gasteiger partial charge is 0.496 e. The molecule has 4 heteroatoms. The molecule has 0 aliphatic heterocycles. The van der Waals surface area contributed by atoms with Crippen LogP contribution in [0.5, 0.6) is 11.5 Å². The van der Waals surface area contributed by atoms with E-state index >= 15 is 0 Å². The monoisotopic (exact) mass is 290 g/mol. The lowest BCUT2D eigenvalue weighted by molar-refractivity contribution is 0.0539. The third kappa shape index (κ3) is 3.16. The van der Waals surface area contributed by atoms with E-state index in [1.54, 1.807) is 44.4 Å². The van der Waals surface area contributed by atoms with Crippen LogP contribution in [0.15, 0.2) is 42.5 Å². The molecule has 0 aliphatic carbocycles. The van der Waals surface area contributed by atoms with Crippen molar-refractivity contribution in [2.75, 3.05) is 14.2 Å². The Labute approximate surface area is 124 Å². The van der Waals surface area contributed by atoms with Crippen molar-refractivity contribution < 1.29 is 19.0 Å². The van der Waals surface area contributed by atoms with Gasteiger partial charge in [0.1, 0.15) is 5.75 Å². The molecule has 1 unspecified atom stereocenters. The van der Waals surface area contributed by atoms with Gasteiger partial charge in [-0.05, 0) is 24.6 Å². The van der Waals surface area contributed by atoms with Crippen LogP contribution in [0, 0.1) is 5.82 Å². The van der Waals surface area contributed by atoms with Crippen LogP contribution in [0.3, 0.4) is 0 Å². The SMILES string of the molecule is COc1ccccc1C(C)(O)Cc1cccc(OC)c1F. The fraction of sp³-hybridized carbons (Fsp3) is 0.294. The Hall–Kier alpha value is -2.07. The lowest BCUT2D eigenvalue weighted by atomic mass is 9.88. The maximum Gasteiger partial charge on any atom is 0.168 e. The van der Waals surface area contributed by atoms with Crippen LogP contribution in [0.4, 0.5) is 4.39 Å². The summed E-state index contributed by atoms with van der Waals surface area (Å²) in [7, 11) is 2.96. The normalized spacial score (nSPS) is 13.6. The molecule has 0 bridgehead atoms. The van der Waals surface area contributed by atoms with Gasteiger partial charge in [0.25, 0.3) is 0 Å². The van der Waals surface area contributed by atoms with Gasteiger partial charge in [0.05, 0.1) is 19.8 Å². The van der Waals surface area contributed by atoms with E-state index in [-0.39, 0.29) is 12.2 Å². The molecule has 2 aromatic carbocycles. The summed E-state index contributed by atoms with van der Waals surface area (Å²) < 4.78 is 24.5. The molecule has 1 atom stereocenters. The number of halogens is 1. The number of hydrogen-bond donors (Lipinski definition) is 1. The molecule has 2 rings (SSSR count). The Bertz CT molecular complexity index is 623. The van der Waals surface area contributed by atoms with Crippen molar-refractivity contribution in [3.63, 3.8) is 0 Å². The first-order valence-corrected chi connectivity index (χ1v) is 6.67. The molecule has 0 fully saturated rings. The standard InChI is InChI=1S/C17H19FO3/c1-17(19,13-8-4-5-9-14(13)20-2)11-12-7-6-10-15(21-3)16(12)18/h4-10,19H,11H2,1-3H3. The molecule has 3 nitrogen and oxygen atoms in total. The van der Waals surface area contributed by atoms with Gasteiger partial charge in [-0.15, -0.1) is 0 Å². The van der Waals surface area contributed by atoms with Crippen LogP contribution in [0.25, 0.3) is 0 Å². The number of para-hydroxylation sites is 1. The van der Waals surface area contributed by atoms with Crippen molar-refractivity contribution in [1.29, 1.82) is 0 Å². The summed E-state index contributed by atoms with van der Waals surface area (Å²) in [4.78, 5) is 0. The molecular weight excluding hydrogens is 271 g/mol. The summed E-state index contributed by atoms with van der Waals surface area (Å²) in [6, 6.07) is 12.1. The zero-order chi connectivity index (χ0) is 15.5. The molecule has 1 N–H and O–H groups in total. The molecule has 0 spiro atoms. The van der Waals surface area contributed by atoms with Crippen LogP contribution in [-0.4, -0.2) is 19.3 Å². The van der Waals surface area contributed by atoms with Crippen LogP contribution in [0.2, 0.25) is 0 Å². The van der Waals surface area contributed by atoms with E-state index in [1.165, 1.54) is 7.11 Å². The molecule has 0 heterocycles. The number of rotatable bonds is 5. The fourth-order valence-electron chi connectivity index (χ4n) is 2.41. The Morgan fingerprint density at radius 3 is 2.29 bits per heavy atom. The molecular formula is C17H19FO3. The van der Waals surface area contributed by atoms with Gasteiger partial charge in [0, 0.05) is 12.0 Å². The molecule has 21 heavy (non-hydrogen) atoms. The van der Waals surface area contributed by atoms with Crippen molar-refractivity contribution in [3.8, 4) is 11.5 Å². The Balaban J connectivity index is 2.37. The maximum absolute atomic E-state index is 14.2. The van der Waals surface area contributed by atoms with Gasteiger partial charge < -0.3 is 14.6 Å². The van der Waals surface area contributed by atoms with Crippen LogP contribution in [0.1, 0.15) is 18.1 Å². The second-order valence-corrected chi connectivity index (χ2v) is 5.08. The molecule has 0 saturated carbocycles. The summed E-state index contributed by atoms with van der Waals surface area (Å²) in [6.45, 7) is 1.64. The first-order chi connectivity index (χ1) is 9.99. The topological polar surface area (TPSA) is 38.7 Å². The summed E-state index contributed by atoms with van der Waals surface area (Å²) in [5, 5.41) is 10.8. The molecule has 0 radical (unpaired) electrons. The molecule has 0 amide bonds. The predicted octanol–water partition coefficient (Wildman–Crippen LogP) is 3.29. The zero-order valence-corrected chi connectivity index (χ0v) is 12.4. The summed E-state index contributed by atoms with van der Waals surface area (Å²) in [5.74, 6) is 0.296. The van der Waals surface area contributed by atoms with Gasteiger partial charge in [-0.1, -0.05) is 30.3 Å². The number of benzene rings is 2. The van der Waals surface area contributed by atoms with E-state index in [0.29, 0.717) is 16.9 Å². The number of hydrogen-bond acceptors (Lipinski definition) is 3. The minimum absolute atomic E-state index is 0.121. The van der Waals surface area contributed by atoms with Crippen LogP contribution >= 0.6 is 0 Å². The first kappa shape index (κ1) is 15.3. The van der Waals surface area contributed by atoms with Gasteiger partial charge in [-0.2, -0.15) is 0 Å². The van der Waals surface area contributed by atoms with Crippen molar-refractivity contribution in [3.05, 3.63) is 59.4 Å². The van der Waals surface area contributed by atoms with E-state index in [4.69, 9.17) is 9.47 Å². The van der Waals surface area contributed by atoms with Gasteiger partial charge in [0.15, 0.2) is 11.6 Å². The fourth-order valence-corrected chi connectivity index (χ4v) is 2.41. The summed E-state index contributed by atoms with van der Waals surface area (Å²) in [6.07, 6.45) is 0.121. The number of aliphatic hydroxyl groups is 1. The summed E-state index contributed by atoms with van der Waals surface area (Å²) >= 11 is 0. The summed E-state index contributed by atoms with van der Waals surface area (Å²) in [5.41, 5.74) is -0.236. The lowest BCUT2D eigenvalue weighted by Crippen LogP contribution is -2.25. The third-order valence-corrected chi connectivity index (χ3v) is 3.49. The Morgan fingerprint density at radius 2 is 1.62 bits per heavy atom. The van der Waals surface area contributed by atoms with Crippen molar-refractivity contribution in [2.24, 2.45) is 0 Å². The van der Waals surface area contributed by atoms with Gasteiger partial charge in [-0.3, -0.25) is 0 Å². The van der Waals surface area contributed by atoms with Gasteiger partial charge in [-0.25, -0.2) is 4.39 Å². The Morgan fingerprint density at radius 1 is 1.00 bits per heavy atom. The number of methoxy groups -OCH3 is 2. The highest BCUT2D eigenvalue weighted by molar-refractivity contribution is 5.40. The molecule has 0 saturated heterocycles. The quantitative estimate of drug-likeness (QED) is 0.918. The Kier molecular flexibility index (Phi) is 4.48. The smallest absolute Gasteiger partial charge is 0.168 e. The highest BCUT2D eigenvalue weighted by atomic mass is 19.1. The van der Waals surface area contributed by atoms with E-state index in [2.05, 4.69) is 0 Å². The van der Waals surface area contributed by atoms with Crippen molar-refractivity contribution in [2.45, 2.75) is 18.9 Å². The molecule has 112 valence electrons. The minimum Gasteiger partial charge on any atom is -0.496 e. The van der Waals surface area contributed by atoms with Crippen LogP contribution in [-0.2, 0) is 12.0 Å². The zero-order valence-electron chi connectivity index (χ0n) is 12.4. The second kappa shape index (κ2) is 6.14. The molecule has 0 aliphatic rings. The lowest BCUT2D eigenvalue weighted by Gasteiger charge is -2.26. The predicted molar refractivity (Wildman–Crippen MR) is 79.2 cm³/mol.